The third kappa shape index (κ3) is 4.96. The highest BCUT2D eigenvalue weighted by molar-refractivity contribution is 7.10. The molecule has 4 nitrogen and oxygen atoms in total. The summed E-state index contributed by atoms with van der Waals surface area (Å²) in [6.45, 7) is 8.15. The molecule has 2 aromatic rings. The normalized spacial score (nSPS) is 17.2. The van der Waals surface area contributed by atoms with Crippen LogP contribution in [0.4, 0.5) is 4.39 Å². The summed E-state index contributed by atoms with van der Waals surface area (Å²) in [5.74, 6) is -0.338. The molecule has 2 amide bonds. The molecule has 168 valence electrons. The molecule has 0 fully saturated rings. The fourth-order valence-corrected chi connectivity index (χ4v) is 4.94. The molecular formula is C24H30ClFN2O2S. The summed E-state index contributed by atoms with van der Waals surface area (Å²) in [4.78, 5) is 31.5. The zero-order chi connectivity index (χ0) is 22.8. The molecule has 0 bridgehead atoms. The molecule has 31 heavy (non-hydrogen) atoms. The first-order valence-corrected chi connectivity index (χ1v) is 12.1. The number of hydrogen-bond acceptors (Lipinski definition) is 3. The number of fused-ring (bicyclic) bond motifs is 1. The van der Waals surface area contributed by atoms with Crippen molar-refractivity contribution in [2.24, 2.45) is 5.41 Å². The Bertz CT molecular complexity index is 928. The van der Waals surface area contributed by atoms with E-state index >= 15 is 0 Å². The largest absolute Gasteiger partial charge is 0.330 e. The first-order valence-electron chi connectivity index (χ1n) is 10.7. The van der Waals surface area contributed by atoms with Crippen LogP contribution in [-0.4, -0.2) is 46.6 Å². The Morgan fingerprint density at radius 1 is 1.29 bits per heavy atom. The monoisotopic (exact) mass is 464 g/mol. The van der Waals surface area contributed by atoms with E-state index in [4.69, 9.17) is 11.6 Å². The maximum Gasteiger partial charge on any atom is 0.243 e. The smallest absolute Gasteiger partial charge is 0.243 e. The molecule has 1 aliphatic heterocycles. The van der Waals surface area contributed by atoms with Crippen LogP contribution in [0.2, 0.25) is 0 Å². The quantitative estimate of drug-likeness (QED) is 0.525. The van der Waals surface area contributed by atoms with Crippen LogP contribution in [0, 0.1) is 11.2 Å². The summed E-state index contributed by atoms with van der Waals surface area (Å²) in [6, 6.07) is 8.01. The Kier molecular flexibility index (Phi) is 7.43. The second-order valence-corrected chi connectivity index (χ2v) is 10.1. The molecule has 1 aromatic carbocycles. The van der Waals surface area contributed by atoms with Crippen LogP contribution in [0.5, 0.6) is 0 Å². The minimum atomic E-state index is -0.746. The van der Waals surface area contributed by atoms with Crippen molar-refractivity contribution in [3.63, 3.8) is 0 Å². The molecule has 0 spiro atoms. The lowest BCUT2D eigenvalue weighted by Crippen LogP contribution is -2.52. The van der Waals surface area contributed by atoms with Crippen LogP contribution in [0.3, 0.4) is 0 Å². The molecule has 2 unspecified atom stereocenters. The van der Waals surface area contributed by atoms with Crippen LogP contribution in [-0.2, 0) is 16.0 Å². The summed E-state index contributed by atoms with van der Waals surface area (Å²) in [5, 5.41) is 2.03. The van der Waals surface area contributed by atoms with Crippen LogP contribution in [0.15, 0.2) is 35.7 Å². The number of alkyl halides is 1. The second-order valence-electron chi connectivity index (χ2n) is 8.80. The van der Waals surface area contributed by atoms with Crippen LogP contribution < -0.4 is 0 Å². The van der Waals surface area contributed by atoms with Gasteiger partial charge in [-0.3, -0.25) is 9.59 Å². The van der Waals surface area contributed by atoms with Crippen molar-refractivity contribution in [3.05, 3.63) is 57.5 Å². The van der Waals surface area contributed by atoms with Crippen molar-refractivity contribution >= 4 is 34.8 Å². The Morgan fingerprint density at radius 3 is 2.58 bits per heavy atom. The highest BCUT2D eigenvalue weighted by atomic mass is 35.5. The van der Waals surface area contributed by atoms with E-state index in [-0.39, 0.29) is 42.1 Å². The second kappa shape index (κ2) is 9.70. The van der Waals surface area contributed by atoms with Crippen molar-refractivity contribution < 1.29 is 14.0 Å². The predicted molar refractivity (Wildman–Crippen MR) is 124 cm³/mol. The average Bonchev–Trinajstić information content (AvgIpc) is 3.25. The zero-order valence-electron chi connectivity index (χ0n) is 18.5. The molecule has 1 aromatic heterocycles. The Labute approximate surface area is 193 Å². The molecule has 0 radical (unpaired) electrons. The van der Waals surface area contributed by atoms with Gasteiger partial charge in [-0.1, -0.05) is 19.1 Å². The minimum Gasteiger partial charge on any atom is -0.330 e. The number of carbonyl (C=O) groups is 2. The number of carbonyl (C=O) groups excluding carboxylic acids is 2. The molecule has 0 saturated carbocycles. The van der Waals surface area contributed by atoms with Crippen LogP contribution in [0.1, 0.15) is 56.2 Å². The maximum absolute atomic E-state index is 13.6. The minimum absolute atomic E-state index is 0.00528. The van der Waals surface area contributed by atoms with Gasteiger partial charge in [0.05, 0.1) is 11.5 Å². The molecule has 0 aliphatic carbocycles. The van der Waals surface area contributed by atoms with Crippen molar-refractivity contribution in [1.29, 1.82) is 0 Å². The lowest BCUT2D eigenvalue weighted by Gasteiger charge is -2.40. The van der Waals surface area contributed by atoms with Crippen molar-refractivity contribution in [2.75, 3.05) is 19.0 Å². The Balaban J connectivity index is 1.92. The third-order valence-electron chi connectivity index (χ3n) is 6.07. The number of amides is 2. The highest BCUT2D eigenvalue weighted by Gasteiger charge is 2.38. The Hall–Kier alpha value is -1.92. The van der Waals surface area contributed by atoms with E-state index < -0.39 is 5.41 Å². The summed E-state index contributed by atoms with van der Waals surface area (Å²) in [6.07, 6.45) is 1.52. The number of nitrogens with zero attached hydrogens (tertiary/aromatic N) is 2. The standard InChI is InChI=1S/C24H30ClFN2O2S/c1-5-16(2)28(23(30)24(3,4)15-25)14-21(29)27-12-10-20-19(11-13-31-20)22(27)17-6-8-18(26)9-7-17/h6-9,11,13,16,22H,5,10,12,14-15H2,1-4H3. The van der Waals surface area contributed by atoms with E-state index in [1.165, 1.54) is 17.0 Å². The van der Waals surface area contributed by atoms with Gasteiger partial charge in [0.2, 0.25) is 11.8 Å². The first kappa shape index (κ1) is 23.7. The van der Waals surface area contributed by atoms with E-state index in [1.807, 2.05) is 44.0 Å². The molecule has 1 aliphatic rings. The van der Waals surface area contributed by atoms with Gasteiger partial charge in [0.15, 0.2) is 0 Å². The number of thiophene rings is 1. The summed E-state index contributed by atoms with van der Waals surface area (Å²) in [7, 11) is 0. The number of hydrogen-bond donors (Lipinski definition) is 0. The lowest BCUT2D eigenvalue weighted by molar-refractivity contribution is -0.148. The topological polar surface area (TPSA) is 40.6 Å². The number of rotatable bonds is 7. The van der Waals surface area contributed by atoms with Gasteiger partial charge in [-0.05, 0) is 68.3 Å². The van der Waals surface area contributed by atoms with Gasteiger partial charge in [-0.2, -0.15) is 0 Å². The highest BCUT2D eigenvalue weighted by Crippen LogP contribution is 2.38. The van der Waals surface area contributed by atoms with E-state index in [0.717, 1.165) is 24.0 Å². The van der Waals surface area contributed by atoms with Crippen LogP contribution >= 0.6 is 22.9 Å². The van der Waals surface area contributed by atoms with E-state index in [9.17, 15) is 14.0 Å². The fourth-order valence-electron chi connectivity index (χ4n) is 3.92. The predicted octanol–water partition coefficient (Wildman–Crippen LogP) is 5.25. The first-order chi connectivity index (χ1) is 14.7. The summed E-state index contributed by atoms with van der Waals surface area (Å²) in [5.41, 5.74) is 1.21. The molecule has 3 rings (SSSR count). The van der Waals surface area contributed by atoms with Crippen molar-refractivity contribution in [2.45, 2.75) is 52.6 Å². The van der Waals surface area contributed by atoms with Crippen LogP contribution in [0.25, 0.3) is 0 Å². The third-order valence-corrected chi connectivity index (χ3v) is 7.74. The molecule has 2 atom stereocenters. The van der Waals surface area contributed by atoms with Crippen molar-refractivity contribution in [1.82, 2.24) is 9.80 Å². The van der Waals surface area contributed by atoms with E-state index in [1.54, 1.807) is 28.4 Å². The summed E-state index contributed by atoms with van der Waals surface area (Å²) >= 11 is 7.74. The van der Waals surface area contributed by atoms with Gasteiger partial charge in [-0.25, -0.2) is 4.39 Å². The SMILES string of the molecule is CCC(C)N(CC(=O)N1CCc2sccc2C1c1ccc(F)cc1)C(=O)C(C)(C)CCl. The Morgan fingerprint density at radius 2 is 1.97 bits per heavy atom. The summed E-state index contributed by atoms with van der Waals surface area (Å²) < 4.78 is 13.5. The number of benzene rings is 1. The lowest BCUT2D eigenvalue weighted by atomic mass is 9.92. The van der Waals surface area contributed by atoms with Crippen molar-refractivity contribution in [3.8, 4) is 0 Å². The van der Waals surface area contributed by atoms with Gasteiger partial charge < -0.3 is 9.80 Å². The van der Waals surface area contributed by atoms with E-state index in [2.05, 4.69) is 0 Å². The average molecular weight is 465 g/mol. The maximum atomic E-state index is 13.6. The molecule has 2 heterocycles. The molecule has 7 heteroatoms. The van der Waals surface area contributed by atoms with E-state index in [0.29, 0.717) is 6.54 Å². The molecule has 0 N–H and O–H groups in total. The van der Waals surface area contributed by atoms with Gasteiger partial charge in [0.25, 0.3) is 0 Å². The van der Waals surface area contributed by atoms with Gasteiger partial charge in [0.1, 0.15) is 12.4 Å². The van der Waals surface area contributed by atoms with Gasteiger partial charge in [0, 0.05) is 23.3 Å². The van der Waals surface area contributed by atoms with Gasteiger partial charge in [-0.15, -0.1) is 22.9 Å². The van der Waals surface area contributed by atoms with Gasteiger partial charge >= 0.3 is 0 Å². The fraction of sp³-hybridized carbons (Fsp3) is 0.500. The molecule has 0 saturated heterocycles. The molecular weight excluding hydrogens is 435 g/mol. The zero-order valence-corrected chi connectivity index (χ0v) is 20.1. The number of halogens is 2.